The Morgan fingerprint density at radius 3 is 2.89 bits per heavy atom. The molecule has 2 rings (SSSR count). The van der Waals surface area contributed by atoms with Gasteiger partial charge in [-0.15, -0.1) is 11.3 Å². The van der Waals surface area contributed by atoms with Gasteiger partial charge in [-0.2, -0.15) is 0 Å². The van der Waals surface area contributed by atoms with Gasteiger partial charge in [-0.3, -0.25) is 0 Å². The van der Waals surface area contributed by atoms with Gasteiger partial charge >= 0.3 is 0 Å². The Labute approximate surface area is 120 Å². The molecule has 5 heteroatoms. The third-order valence-corrected chi connectivity index (χ3v) is 4.38. The van der Waals surface area contributed by atoms with E-state index in [0.717, 1.165) is 22.4 Å². The van der Waals surface area contributed by atoms with E-state index in [9.17, 15) is 0 Å². The van der Waals surface area contributed by atoms with Crippen LogP contribution in [0, 0.1) is 0 Å². The predicted molar refractivity (Wildman–Crippen MR) is 81.0 cm³/mol. The van der Waals surface area contributed by atoms with Crippen molar-refractivity contribution in [2.75, 3.05) is 11.9 Å². The van der Waals surface area contributed by atoms with Crippen molar-refractivity contribution in [3.8, 4) is 0 Å². The van der Waals surface area contributed by atoms with Gasteiger partial charge in [0.2, 0.25) is 0 Å². The molecule has 0 aliphatic carbocycles. The SMILES string of the molecule is CC(N)c1ccnc(N(C)Cc2cc(Br)cs2)c1. The van der Waals surface area contributed by atoms with Crippen LogP contribution in [0.25, 0.3) is 0 Å². The number of pyridine rings is 1. The maximum atomic E-state index is 5.89. The monoisotopic (exact) mass is 325 g/mol. The first-order valence-electron chi connectivity index (χ1n) is 5.72. The molecule has 0 saturated heterocycles. The molecule has 0 aromatic carbocycles. The van der Waals surface area contributed by atoms with Crippen molar-refractivity contribution in [2.45, 2.75) is 19.5 Å². The maximum Gasteiger partial charge on any atom is 0.128 e. The highest BCUT2D eigenvalue weighted by Crippen LogP contribution is 2.23. The van der Waals surface area contributed by atoms with Gasteiger partial charge in [0.25, 0.3) is 0 Å². The summed E-state index contributed by atoms with van der Waals surface area (Å²) in [6.07, 6.45) is 1.81. The Balaban J connectivity index is 2.13. The minimum atomic E-state index is 0.0380. The van der Waals surface area contributed by atoms with E-state index < -0.39 is 0 Å². The molecule has 1 atom stereocenters. The number of nitrogens with two attached hydrogens (primary N) is 1. The minimum absolute atomic E-state index is 0.0380. The second kappa shape index (κ2) is 5.82. The molecule has 2 heterocycles. The molecular formula is C13H16BrN3S. The van der Waals surface area contributed by atoms with E-state index in [1.807, 2.05) is 32.3 Å². The Morgan fingerprint density at radius 2 is 2.28 bits per heavy atom. The fraction of sp³-hybridized carbons (Fsp3) is 0.308. The van der Waals surface area contributed by atoms with Crippen LogP contribution in [-0.4, -0.2) is 12.0 Å². The molecule has 1 unspecified atom stereocenters. The summed E-state index contributed by atoms with van der Waals surface area (Å²) in [7, 11) is 2.04. The van der Waals surface area contributed by atoms with Crippen molar-refractivity contribution >= 4 is 33.1 Å². The lowest BCUT2D eigenvalue weighted by atomic mass is 10.1. The van der Waals surface area contributed by atoms with E-state index in [1.165, 1.54) is 4.88 Å². The Kier molecular flexibility index (Phi) is 4.37. The topological polar surface area (TPSA) is 42.1 Å². The van der Waals surface area contributed by atoms with Gasteiger partial charge in [-0.1, -0.05) is 0 Å². The Morgan fingerprint density at radius 1 is 1.50 bits per heavy atom. The number of aromatic nitrogens is 1. The third-order valence-electron chi connectivity index (χ3n) is 2.70. The second-order valence-corrected chi connectivity index (χ2v) is 6.23. The van der Waals surface area contributed by atoms with Crippen LogP contribution >= 0.6 is 27.3 Å². The van der Waals surface area contributed by atoms with E-state index in [1.54, 1.807) is 11.3 Å². The highest BCUT2D eigenvalue weighted by molar-refractivity contribution is 9.10. The zero-order chi connectivity index (χ0) is 13.1. The summed E-state index contributed by atoms with van der Waals surface area (Å²) in [5.41, 5.74) is 7.00. The van der Waals surface area contributed by atoms with Crippen LogP contribution in [0.5, 0.6) is 0 Å². The average Bonchev–Trinajstić information content (AvgIpc) is 2.75. The molecule has 18 heavy (non-hydrogen) atoms. The number of halogens is 1. The van der Waals surface area contributed by atoms with Crippen molar-refractivity contribution in [3.05, 3.63) is 44.7 Å². The van der Waals surface area contributed by atoms with Gasteiger partial charge in [0.1, 0.15) is 5.82 Å². The summed E-state index contributed by atoms with van der Waals surface area (Å²) in [4.78, 5) is 7.82. The van der Waals surface area contributed by atoms with E-state index >= 15 is 0 Å². The quantitative estimate of drug-likeness (QED) is 0.934. The van der Waals surface area contributed by atoms with E-state index in [4.69, 9.17) is 5.73 Å². The fourth-order valence-corrected chi connectivity index (χ4v) is 3.18. The smallest absolute Gasteiger partial charge is 0.128 e. The lowest BCUT2D eigenvalue weighted by Gasteiger charge is -2.18. The molecule has 2 aromatic rings. The Hall–Kier alpha value is -0.910. The first kappa shape index (κ1) is 13.5. The van der Waals surface area contributed by atoms with Crippen LogP contribution in [0.1, 0.15) is 23.4 Å². The largest absolute Gasteiger partial charge is 0.355 e. The first-order valence-corrected chi connectivity index (χ1v) is 7.39. The highest BCUT2D eigenvalue weighted by Gasteiger charge is 2.07. The zero-order valence-corrected chi connectivity index (χ0v) is 12.8. The predicted octanol–water partition coefficient (Wildman–Crippen LogP) is 3.56. The standard InChI is InChI=1S/C13H16BrN3S/c1-9(15)10-3-4-16-13(5-10)17(2)7-12-6-11(14)8-18-12/h3-6,8-9H,7,15H2,1-2H3. The number of hydrogen-bond acceptors (Lipinski definition) is 4. The molecular weight excluding hydrogens is 310 g/mol. The molecule has 0 aliphatic heterocycles. The molecule has 0 spiro atoms. The molecule has 0 aliphatic rings. The van der Waals surface area contributed by atoms with Gasteiger partial charge < -0.3 is 10.6 Å². The van der Waals surface area contributed by atoms with Crippen molar-refractivity contribution in [2.24, 2.45) is 5.73 Å². The summed E-state index contributed by atoms with van der Waals surface area (Å²) < 4.78 is 1.13. The van der Waals surface area contributed by atoms with Gasteiger partial charge in [0.05, 0.1) is 6.54 Å². The van der Waals surface area contributed by atoms with Crippen LogP contribution in [0.2, 0.25) is 0 Å². The molecule has 2 aromatic heterocycles. The van der Waals surface area contributed by atoms with Crippen LogP contribution < -0.4 is 10.6 Å². The number of thiophene rings is 1. The van der Waals surface area contributed by atoms with Crippen molar-refractivity contribution in [3.63, 3.8) is 0 Å². The van der Waals surface area contributed by atoms with Crippen molar-refractivity contribution < 1.29 is 0 Å². The third kappa shape index (κ3) is 3.31. The molecule has 0 fully saturated rings. The summed E-state index contributed by atoms with van der Waals surface area (Å²) >= 11 is 5.21. The van der Waals surface area contributed by atoms with E-state index in [2.05, 4.69) is 37.3 Å². The Bertz CT molecular complexity index is 524. The van der Waals surface area contributed by atoms with Gasteiger partial charge in [-0.25, -0.2) is 4.98 Å². The number of rotatable bonds is 4. The minimum Gasteiger partial charge on any atom is -0.355 e. The zero-order valence-electron chi connectivity index (χ0n) is 10.4. The molecule has 0 radical (unpaired) electrons. The van der Waals surface area contributed by atoms with Gasteiger partial charge in [0, 0.05) is 34.0 Å². The lowest BCUT2D eigenvalue weighted by molar-refractivity contribution is 0.810. The van der Waals surface area contributed by atoms with Crippen LogP contribution in [0.4, 0.5) is 5.82 Å². The maximum absolute atomic E-state index is 5.89. The molecule has 3 nitrogen and oxygen atoms in total. The normalized spacial score (nSPS) is 12.4. The first-order chi connectivity index (χ1) is 8.56. The van der Waals surface area contributed by atoms with Crippen LogP contribution in [0.3, 0.4) is 0 Å². The summed E-state index contributed by atoms with van der Waals surface area (Å²) in [6, 6.07) is 6.18. The van der Waals surface area contributed by atoms with E-state index in [0.29, 0.717) is 0 Å². The highest BCUT2D eigenvalue weighted by atomic mass is 79.9. The van der Waals surface area contributed by atoms with Crippen molar-refractivity contribution in [1.82, 2.24) is 4.98 Å². The summed E-state index contributed by atoms with van der Waals surface area (Å²) in [5.74, 6) is 0.953. The van der Waals surface area contributed by atoms with Gasteiger partial charge in [-0.05, 0) is 46.6 Å². The summed E-state index contributed by atoms with van der Waals surface area (Å²) in [6.45, 7) is 2.83. The number of nitrogens with zero attached hydrogens (tertiary/aromatic N) is 2. The van der Waals surface area contributed by atoms with Crippen LogP contribution in [-0.2, 0) is 6.54 Å². The fourth-order valence-electron chi connectivity index (χ4n) is 1.68. The number of anilines is 1. The lowest BCUT2D eigenvalue weighted by Crippen LogP contribution is -2.17. The summed E-state index contributed by atoms with van der Waals surface area (Å²) in [5, 5.41) is 2.09. The van der Waals surface area contributed by atoms with Gasteiger partial charge in [0.15, 0.2) is 0 Å². The molecule has 0 saturated carbocycles. The number of hydrogen-bond donors (Lipinski definition) is 1. The molecule has 0 bridgehead atoms. The average molecular weight is 326 g/mol. The van der Waals surface area contributed by atoms with E-state index in [-0.39, 0.29) is 6.04 Å². The molecule has 2 N–H and O–H groups in total. The van der Waals surface area contributed by atoms with Crippen molar-refractivity contribution in [1.29, 1.82) is 0 Å². The molecule has 96 valence electrons. The molecule has 0 amide bonds. The van der Waals surface area contributed by atoms with Crippen LogP contribution in [0.15, 0.2) is 34.2 Å². The second-order valence-electron chi connectivity index (χ2n) is 4.32.